The summed E-state index contributed by atoms with van der Waals surface area (Å²) in [4.78, 5) is 12.2. The molecule has 0 unspecified atom stereocenters. The van der Waals surface area contributed by atoms with E-state index in [0.29, 0.717) is 43.7 Å². The van der Waals surface area contributed by atoms with Crippen molar-refractivity contribution < 1.29 is 22.7 Å². The molecule has 8 heteroatoms. The van der Waals surface area contributed by atoms with Gasteiger partial charge >= 0.3 is 0 Å². The Kier molecular flexibility index (Phi) is 8.37. The van der Waals surface area contributed by atoms with E-state index in [9.17, 15) is 13.2 Å². The summed E-state index contributed by atoms with van der Waals surface area (Å²) < 4.78 is 36.5. The van der Waals surface area contributed by atoms with Gasteiger partial charge in [-0.3, -0.25) is 9.10 Å². The molecule has 1 fully saturated rings. The number of sulfonamides is 1. The largest absolute Gasteiger partial charge is 0.494 e. The molecule has 1 N–H and O–H groups in total. The van der Waals surface area contributed by atoms with E-state index in [2.05, 4.69) is 5.32 Å². The summed E-state index contributed by atoms with van der Waals surface area (Å²) in [6, 6.07) is 6.72. The number of carbonyl (C=O) groups excluding carboxylic acids is 1. The van der Waals surface area contributed by atoms with E-state index in [4.69, 9.17) is 9.47 Å². The summed E-state index contributed by atoms with van der Waals surface area (Å²) in [5.74, 6) is 0.219. The zero-order valence-corrected chi connectivity index (χ0v) is 17.0. The van der Waals surface area contributed by atoms with Crippen LogP contribution in [-0.4, -0.2) is 53.0 Å². The van der Waals surface area contributed by atoms with Crippen LogP contribution < -0.4 is 14.4 Å². The third kappa shape index (κ3) is 7.38. The molecule has 1 aromatic rings. The predicted octanol–water partition coefficient (Wildman–Crippen LogP) is 2.32. The number of hydrogen-bond donors (Lipinski definition) is 1. The van der Waals surface area contributed by atoms with Gasteiger partial charge in [-0.05, 0) is 38.3 Å². The highest BCUT2D eigenvalue weighted by atomic mass is 32.2. The Hall–Kier alpha value is -1.80. The van der Waals surface area contributed by atoms with Gasteiger partial charge < -0.3 is 14.8 Å². The van der Waals surface area contributed by atoms with E-state index in [0.717, 1.165) is 23.4 Å². The van der Waals surface area contributed by atoms with Crippen molar-refractivity contribution >= 4 is 21.6 Å². The third-order valence-electron chi connectivity index (χ3n) is 4.40. The number of carbonyl (C=O) groups is 1. The average Bonchev–Trinajstić information content (AvgIpc) is 3.12. The second-order valence-electron chi connectivity index (χ2n) is 6.68. The number of nitrogens with zero attached hydrogens (tertiary/aromatic N) is 1. The first-order valence-corrected chi connectivity index (χ1v) is 11.3. The molecule has 1 aliphatic carbocycles. The number of benzene rings is 1. The number of amides is 1. The summed E-state index contributed by atoms with van der Waals surface area (Å²) >= 11 is 0. The van der Waals surface area contributed by atoms with Crippen LogP contribution in [0.2, 0.25) is 0 Å². The summed E-state index contributed by atoms with van der Waals surface area (Å²) in [6.45, 7) is 3.13. The van der Waals surface area contributed by atoms with E-state index in [1.165, 1.54) is 12.8 Å². The molecule has 1 saturated carbocycles. The maximum Gasteiger partial charge on any atom is 0.240 e. The first-order valence-electron chi connectivity index (χ1n) is 9.49. The number of hydrogen-bond acceptors (Lipinski definition) is 5. The van der Waals surface area contributed by atoms with Crippen molar-refractivity contribution in [2.75, 3.05) is 36.9 Å². The minimum Gasteiger partial charge on any atom is -0.494 e. The SMILES string of the molecule is CCOc1cccc(N(CC(=O)NCCCOC2CCCC2)S(C)(=O)=O)c1. The predicted molar refractivity (Wildman–Crippen MR) is 106 cm³/mol. The Morgan fingerprint density at radius 1 is 1.30 bits per heavy atom. The van der Waals surface area contributed by atoms with Crippen LogP contribution in [0.4, 0.5) is 5.69 Å². The van der Waals surface area contributed by atoms with Crippen LogP contribution in [0.15, 0.2) is 24.3 Å². The fraction of sp³-hybridized carbons (Fsp3) is 0.632. The lowest BCUT2D eigenvalue weighted by Gasteiger charge is -2.22. The lowest BCUT2D eigenvalue weighted by molar-refractivity contribution is -0.119. The van der Waals surface area contributed by atoms with Crippen LogP contribution in [0, 0.1) is 0 Å². The van der Waals surface area contributed by atoms with Gasteiger partial charge in [0.25, 0.3) is 0 Å². The Labute approximate surface area is 162 Å². The van der Waals surface area contributed by atoms with Crippen molar-refractivity contribution in [3.05, 3.63) is 24.3 Å². The Morgan fingerprint density at radius 3 is 2.70 bits per heavy atom. The fourth-order valence-corrected chi connectivity index (χ4v) is 3.93. The van der Waals surface area contributed by atoms with Crippen LogP contribution in [-0.2, 0) is 19.6 Å². The monoisotopic (exact) mass is 398 g/mol. The molecule has 1 aliphatic rings. The topological polar surface area (TPSA) is 84.9 Å². The van der Waals surface area contributed by atoms with Gasteiger partial charge in [-0.1, -0.05) is 18.9 Å². The summed E-state index contributed by atoms with van der Waals surface area (Å²) in [7, 11) is -3.60. The minimum absolute atomic E-state index is 0.266. The van der Waals surface area contributed by atoms with Gasteiger partial charge in [0.2, 0.25) is 15.9 Å². The van der Waals surface area contributed by atoms with Gasteiger partial charge in [-0.15, -0.1) is 0 Å². The number of rotatable bonds is 11. The van der Waals surface area contributed by atoms with Crippen molar-refractivity contribution in [1.82, 2.24) is 5.32 Å². The van der Waals surface area contributed by atoms with Crippen molar-refractivity contribution in [3.8, 4) is 5.75 Å². The average molecular weight is 399 g/mol. The van der Waals surface area contributed by atoms with Crippen LogP contribution in [0.3, 0.4) is 0 Å². The molecule has 7 nitrogen and oxygen atoms in total. The Balaban J connectivity index is 1.84. The van der Waals surface area contributed by atoms with Gasteiger partial charge in [0.15, 0.2) is 0 Å². The van der Waals surface area contributed by atoms with E-state index in [-0.39, 0.29) is 12.5 Å². The summed E-state index contributed by atoms with van der Waals surface area (Å²) in [6.07, 6.45) is 6.86. The summed E-state index contributed by atoms with van der Waals surface area (Å²) in [5.41, 5.74) is 0.406. The molecule has 152 valence electrons. The lowest BCUT2D eigenvalue weighted by atomic mass is 10.3. The Bertz CT molecular complexity index is 702. The molecule has 0 saturated heterocycles. The molecule has 1 aromatic carbocycles. The second kappa shape index (κ2) is 10.5. The lowest BCUT2D eigenvalue weighted by Crippen LogP contribution is -2.40. The highest BCUT2D eigenvalue weighted by Crippen LogP contribution is 2.23. The fourth-order valence-electron chi connectivity index (χ4n) is 3.09. The van der Waals surface area contributed by atoms with Gasteiger partial charge in [-0.25, -0.2) is 8.42 Å². The normalized spacial score (nSPS) is 14.9. The van der Waals surface area contributed by atoms with E-state index in [1.807, 2.05) is 6.92 Å². The van der Waals surface area contributed by atoms with Crippen LogP contribution in [0.1, 0.15) is 39.0 Å². The third-order valence-corrected chi connectivity index (χ3v) is 5.54. The van der Waals surface area contributed by atoms with E-state index < -0.39 is 10.0 Å². The molecule has 0 aromatic heterocycles. The molecule has 27 heavy (non-hydrogen) atoms. The van der Waals surface area contributed by atoms with Gasteiger partial charge in [0.05, 0.1) is 24.7 Å². The standard InChI is InChI=1S/C19H30N2O5S/c1-3-25-18-11-6-8-16(14-18)21(27(2,23)24)15-19(22)20-12-7-13-26-17-9-4-5-10-17/h6,8,11,14,17H,3-5,7,9-10,12-13,15H2,1-2H3,(H,20,22). The van der Waals surface area contributed by atoms with Crippen molar-refractivity contribution in [3.63, 3.8) is 0 Å². The number of anilines is 1. The molecular weight excluding hydrogens is 368 g/mol. The maximum absolute atomic E-state index is 12.2. The van der Waals surface area contributed by atoms with Gasteiger partial charge in [0.1, 0.15) is 12.3 Å². The smallest absolute Gasteiger partial charge is 0.240 e. The molecular formula is C19H30N2O5S. The van der Waals surface area contributed by atoms with E-state index >= 15 is 0 Å². The molecule has 0 aliphatic heterocycles. The Morgan fingerprint density at radius 2 is 2.04 bits per heavy atom. The second-order valence-corrected chi connectivity index (χ2v) is 8.59. The van der Waals surface area contributed by atoms with Gasteiger partial charge in [-0.2, -0.15) is 0 Å². The highest BCUT2D eigenvalue weighted by Gasteiger charge is 2.21. The molecule has 0 atom stereocenters. The van der Waals surface area contributed by atoms with Crippen LogP contribution in [0.5, 0.6) is 5.75 Å². The number of nitrogens with one attached hydrogen (secondary N) is 1. The molecule has 0 spiro atoms. The molecule has 0 bridgehead atoms. The molecule has 0 heterocycles. The summed E-state index contributed by atoms with van der Waals surface area (Å²) in [5, 5.41) is 2.76. The van der Waals surface area contributed by atoms with Gasteiger partial charge in [0, 0.05) is 19.2 Å². The zero-order chi connectivity index (χ0) is 19.7. The quantitative estimate of drug-likeness (QED) is 0.578. The van der Waals surface area contributed by atoms with Crippen LogP contribution in [0.25, 0.3) is 0 Å². The molecule has 1 amide bonds. The molecule has 0 radical (unpaired) electrons. The van der Waals surface area contributed by atoms with E-state index in [1.54, 1.807) is 24.3 Å². The first kappa shape index (κ1) is 21.5. The highest BCUT2D eigenvalue weighted by molar-refractivity contribution is 7.92. The van der Waals surface area contributed by atoms with Crippen molar-refractivity contribution in [2.24, 2.45) is 0 Å². The number of ether oxygens (including phenoxy) is 2. The minimum atomic E-state index is -3.60. The first-order chi connectivity index (χ1) is 12.9. The van der Waals surface area contributed by atoms with Crippen molar-refractivity contribution in [1.29, 1.82) is 0 Å². The zero-order valence-electron chi connectivity index (χ0n) is 16.1. The maximum atomic E-state index is 12.2. The molecule has 2 rings (SSSR count). The van der Waals surface area contributed by atoms with Crippen LogP contribution >= 0.6 is 0 Å². The van der Waals surface area contributed by atoms with Crippen molar-refractivity contribution in [2.45, 2.75) is 45.1 Å².